The Kier molecular flexibility index (Phi) is 7.92. The zero-order valence-electron chi connectivity index (χ0n) is 19.7. The van der Waals surface area contributed by atoms with Crippen LogP contribution in [0.4, 0.5) is 19.1 Å². The molecule has 2 heterocycles. The lowest BCUT2D eigenvalue weighted by molar-refractivity contribution is 0.379. The van der Waals surface area contributed by atoms with Crippen molar-refractivity contribution in [3.63, 3.8) is 0 Å². The van der Waals surface area contributed by atoms with Crippen LogP contribution < -0.4 is 20.3 Å². The monoisotopic (exact) mass is 531 g/mol. The third kappa shape index (κ3) is 6.00. The van der Waals surface area contributed by atoms with Gasteiger partial charge < -0.3 is 14.8 Å². The Morgan fingerprint density at radius 1 is 0.973 bits per heavy atom. The molecule has 2 aromatic carbocycles. The summed E-state index contributed by atoms with van der Waals surface area (Å²) < 4.78 is 52.4. The van der Waals surface area contributed by atoms with Gasteiger partial charge in [-0.15, -0.1) is 0 Å². The van der Waals surface area contributed by atoms with Crippen molar-refractivity contribution in [2.75, 3.05) is 19.0 Å². The van der Waals surface area contributed by atoms with Gasteiger partial charge in [-0.3, -0.25) is 9.78 Å². The Balaban J connectivity index is 1.33. The predicted molar refractivity (Wildman–Crippen MR) is 131 cm³/mol. The van der Waals surface area contributed by atoms with E-state index in [-0.39, 0.29) is 22.9 Å². The Morgan fingerprint density at radius 2 is 1.68 bits per heavy atom. The molecular formula is C25H21ClF3N5O3. The third-order valence-corrected chi connectivity index (χ3v) is 5.87. The van der Waals surface area contributed by atoms with Gasteiger partial charge >= 0.3 is 6.01 Å². The van der Waals surface area contributed by atoms with Crippen molar-refractivity contribution < 1.29 is 22.6 Å². The van der Waals surface area contributed by atoms with Crippen LogP contribution in [0.3, 0.4) is 0 Å². The smallest absolute Gasteiger partial charge is 0.316 e. The van der Waals surface area contributed by atoms with Gasteiger partial charge in [-0.05, 0) is 36.6 Å². The van der Waals surface area contributed by atoms with Crippen molar-refractivity contribution in [3.8, 4) is 17.5 Å². The second-order valence-electron chi connectivity index (χ2n) is 7.97. The number of aromatic amines is 1. The summed E-state index contributed by atoms with van der Waals surface area (Å²) in [7, 11) is 1.47. The van der Waals surface area contributed by atoms with Crippen LogP contribution >= 0.6 is 11.6 Å². The minimum Gasteiger partial charge on any atom is -0.467 e. The predicted octanol–water partition coefficient (Wildman–Crippen LogP) is 4.99. The van der Waals surface area contributed by atoms with Gasteiger partial charge in [0.15, 0.2) is 11.6 Å². The normalized spacial score (nSPS) is 10.9. The number of hydrogen-bond acceptors (Lipinski definition) is 7. The lowest BCUT2D eigenvalue weighted by atomic mass is 10.1. The highest BCUT2D eigenvalue weighted by Crippen LogP contribution is 2.36. The number of aromatic nitrogens is 4. The first-order chi connectivity index (χ1) is 17.8. The maximum Gasteiger partial charge on any atom is 0.316 e. The topological polar surface area (TPSA) is 102 Å². The maximum absolute atomic E-state index is 14.3. The molecule has 0 bridgehead atoms. The van der Waals surface area contributed by atoms with Crippen LogP contribution in [0.1, 0.15) is 22.3 Å². The molecule has 0 radical (unpaired) electrons. The first kappa shape index (κ1) is 26.0. The lowest BCUT2D eigenvalue weighted by Gasteiger charge is -2.12. The molecule has 0 saturated heterocycles. The van der Waals surface area contributed by atoms with E-state index < -0.39 is 28.2 Å². The summed E-state index contributed by atoms with van der Waals surface area (Å²) in [4.78, 5) is 27.3. The van der Waals surface area contributed by atoms with E-state index in [1.807, 2.05) is 0 Å². The molecule has 4 aromatic rings. The van der Waals surface area contributed by atoms with Gasteiger partial charge in [-0.1, -0.05) is 23.7 Å². The minimum atomic E-state index is -1.45. The molecular weight excluding hydrogens is 511 g/mol. The van der Waals surface area contributed by atoms with E-state index in [0.29, 0.717) is 30.9 Å². The number of hydrogen-bond donors (Lipinski definition) is 2. The third-order valence-electron chi connectivity index (χ3n) is 5.42. The highest BCUT2D eigenvalue weighted by Gasteiger charge is 2.23. The largest absolute Gasteiger partial charge is 0.467 e. The first-order valence-corrected chi connectivity index (χ1v) is 11.4. The number of H-pyrrole nitrogens is 1. The molecule has 0 aliphatic carbocycles. The highest BCUT2D eigenvalue weighted by atomic mass is 35.5. The molecule has 37 heavy (non-hydrogen) atoms. The molecule has 2 aromatic heterocycles. The Bertz CT molecular complexity index is 1440. The zero-order chi connectivity index (χ0) is 26.5. The molecule has 0 unspecified atom stereocenters. The van der Waals surface area contributed by atoms with Crippen LogP contribution in [0, 0.1) is 24.4 Å². The Morgan fingerprint density at radius 3 is 2.32 bits per heavy atom. The van der Waals surface area contributed by atoms with Crippen LogP contribution in [-0.4, -0.2) is 33.6 Å². The molecule has 0 fully saturated rings. The van der Waals surface area contributed by atoms with E-state index in [1.165, 1.54) is 32.4 Å². The number of halogens is 4. The van der Waals surface area contributed by atoms with Gasteiger partial charge in [0.1, 0.15) is 5.75 Å². The van der Waals surface area contributed by atoms with E-state index in [1.54, 1.807) is 24.5 Å². The number of ether oxygens (including phenoxy) is 2. The minimum absolute atomic E-state index is 0.109. The van der Waals surface area contributed by atoms with Crippen LogP contribution in [0.2, 0.25) is 5.02 Å². The van der Waals surface area contributed by atoms with Crippen LogP contribution in [0.25, 0.3) is 0 Å². The van der Waals surface area contributed by atoms with Crippen LogP contribution in [-0.2, 0) is 12.8 Å². The van der Waals surface area contributed by atoms with Gasteiger partial charge in [-0.2, -0.15) is 4.39 Å². The molecule has 0 atom stereocenters. The van der Waals surface area contributed by atoms with Gasteiger partial charge in [0.05, 0.1) is 12.1 Å². The fourth-order valence-electron chi connectivity index (χ4n) is 3.37. The van der Waals surface area contributed by atoms with Crippen molar-refractivity contribution in [1.82, 2.24) is 19.9 Å². The summed E-state index contributed by atoms with van der Waals surface area (Å²) in [5.74, 6) is -4.37. The number of anilines is 1. The summed E-state index contributed by atoms with van der Waals surface area (Å²) in [6, 6.07) is 6.62. The first-order valence-electron chi connectivity index (χ1n) is 11.0. The van der Waals surface area contributed by atoms with Crippen LogP contribution in [0.15, 0.2) is 47.7 Å². The summed E-state index contributed by atoms with van der Waals surface area (Å²) in [6.45, 7) is 1.62. The average Bonchev–Trinajstić information content (AvgIpc) is 2.91. The molecule has 0 aliphatic rings. The van der Waals surface area contributed by atoms with Crippen LogP contribution in [0.5, 0.6) is 17.5 Å². The second kappa shape index (κ2) is 11.3. The van der Waals surface area contributed by atoms with Gasteiger partial charge in [-0.25, -0.2) is 23.7 Å². The van der Waals surface area contributed by atoms with Gasteiger partial charge in [0, 0.05) is 42.7 Å². The fraction of sp³-hybridized carbons (Fsp3) is 0.200. The molecule has 8 nitrogen and oxygen atoms in total. The average molecular weight is 532 g/mol. The molecule has 4 rings (SSSR count). The highest BCUT2D eigenvalue weighted by molar-refractivity contribution is 6.31. The van der Waals surface area contributed by atoms with E-state index in [0.717, 1.165) is 11.1 Å². The van der Waals surface area contributed by atoms with Crippen molar-refractivity contribution in [1.29, 1.82) is 0 Å². The molecule has 192 valence electrons. The standard InChI is InChI=1S/C25H21ClF3N5O3/c1-13-18(26)20(28)22(21(29)19(13)27)37-17-5-3-14(4-6-17)7-8-30-24-31-12-16(23(35)34-24)9-15-10-32-25(36-2)33-11-15/h3-6,10-12H,7-9H2,1-2H3,(H2,30,31,34,35). The SMILES string of the molecule is COc1ncc(Cc2cnc(NCCc3ccc(Oc4c(F)c(F)c(C)c(Cl)c4F)cc3)[nH]c2=O)cn1. The van der Waals surface area contributed by atoms with Gasteiger partial charge in [0.2, 0.25) is 17.5 Å². The van der Waals surface area contributed by atoms with E-state index in [9.17, 15) is 18.0 Å². The second-order valence-corrected chi connectivity index (χ2v) is 8.35. The van der Waals surface area contributed by atoms with Crippen molar-refractivity contribution in [2.24, 2.45) is 0 Å². The molecule has 0 amide bonds. The molecule has 0 spiro atoms. The van der Waals surface area contributed by atoms with E-state index >= 15 is 0 Å². The fourth-order valence-corrected chi connectivity index (χ4v) is 3.54. The Hall–Kier alpha value is -4.12. The summed E-state index contributed by atoms with van der Waals surface area (Å²) in [5.41, 5.74) is 1.44. The van der Waals surface area contributed by atoms with E-state index in [2.05, 4.69) is 25.3 Å². The number of nitrogens with zero attached hydrogens (tertiary/aromatic N) is 3. The van der Waals surface area contributed by atoms with Crippen molar-refractivity contribution in [3.05, 3.63) is 97.9 Å². The molecule has 0 saturated carbocycles. The maximum atomic E-state index is 14.3. The lowest BCUT2D eigenvalue weighted by Crippen LogP contribution is -2.18. The number of methoxy groups -OCH3 is 1. The summed E-state index contributed by atoms with van der Waals surface area (Å²) >= 11 is 5.72. The van der Waals surface area contributed by atoms with Crippen molar-refractivity contribution >= 4 is 17.5 Å². The van der Waals surface area contributed by atoms with Gasteiger partial charge in [0.25, 0.3) is 5.56 Å². The van der Waals surface area contributed by atoms with E-state index in [4.69, 9.17) is 21.1 Å². The summed E-state index contributed by atoms with van der Waals surface area (Å²) in [5, 5.41) is 2.50. The number of benzene rings is 2. The molecule has 0 aliphatic heterocycles. The Labute approximate surface area is 214 Å². The quantitative estimate of drug-likeness (QED) is 0.293. The zero-order valence-corrected chi connectivity index (χ0v) is 20.5. The van der Waals surface area contributed by atoms with Crippen molar-refractivity contribution in [2.45, 2.75) is 19.8 Å². The molecule has 2 N–H and O–H groups in total. The number of nitrogens with one attached hydrogen (secondary N) is 2. The summed E-state index contributed by atoms with van der Waals surface area (Å²) in [6.07, 6.45) is 5.50. The number of rotatable bonds is 9. The molecule has 12 heteroatoms.